The highest BCUT2D eigenvalue weighted by Crippen LogP contribution is 2.23. The number of carbonyl (C=O) groups excluding carboxylic acids is 1. The summed E-state index contributed by atoms with van der Waals surface area (Å²) in [6.45, 7) is 1.99. The maximum atomic E-state index is 12.9. The Bertz CT molecular complexity index is 909. The van der Waals surface area contributed by atoms with Crippen molar-refractivity contribution in [1.29, 1.82) is 0 Å². The molecule has 0 fully saturated rings. The van der Waals surface area contributed by atoms with E-state index in [4.69, 9.17) is 0 Å². The number of hydrogen-bond acceptors (Lipinski definition) is 2. The molecule has 2 aromatic heterocycles. The van der Waals surface area contributed by atoms with Gasteiger partial charge < -0.3 is 14.5 Å². The first-order valence-electron chi connectivity index (χ1n) is 7.49. The fraction of sp³-hybridized carbons (Fsp3) is 0.222. The van der Waals surface area contributed by atoms with E-state index in [0.717, 1.165) is 5.56 Å². The van der Waals surface area contributed by atoms with Crippen LogP contribution >= 0.6 is 0 Å². The van der Waals surface area contributed by atoms with Crippen LogP contribution in [-0.4, -0.2) is 27.4 Å². The molecule has 118 valence electrons. The minimum atomic E-state index is -0.139. The summed E-state index contributed by atoms with van der Waals surface area (Å²) in [5.74, 6) is -0.110. The van der Waals surface area contributed by atoms with E-state index in [1.54, 1.807) is 37.5 Å². The molecule has 1 aromatic carbocycles. The number of aromatic nitrogens is 2. The molecule has 0 saturated carbocycles. The molecule has 0 aliphatic carbocycles. The summed E-state index contributed by atoms with van der Waals surface area (Å²) in [6, 6.07) is 11.6. The Morgan fingerprint density at radius 1 is 1.22 bits per heavy atom. The Morgan fingerprint density at radius 2 is 1.91 bits per heavy atom. The van der Waals surface area contributed by atoms with Gasteiger partial charge in [-0.25, -0.2) is 0 Å². The highest BCUT2D eigenvalue weighted by molar-refractivity contribution is 6.05. The summed E-state index contributed by atoms with van der Waals surface area (Å²) in [4.78, 5) is 29.6. The molecule has 0 spiro atoms. The zero-order valence-corrected chi connectivity index (χ0v) is 13.4. The number of aromatic amines is 1. The summed E-state index contributed by atoms with van der Waals surface area (Å²) in [7, 11) is 3.43. The van der Waals surface area contributed by atoms with Crippen molar-refractivity contribution in [2.75, 3.05) is 7.05 Å². The third kappa shape index (κ3) is 2.54. The summed E-state index contributed by atoms with van der Waals surface area (Å²) < 4.78 is 1.44. The molecule has 0 aliphatic heterocycles. The van der Waals surface area contributed by atoms with E-state index < -0.39 is 0 Å². The van der Waals surface area contributed by atoms with Crippen LogP contribution < -0.4 is 5.56 Å². The van der Waals surface area contributed by atoms with E-state index in [-0.39, 0.29) is 17.5 Å². The van der Waals surface area contributed by atoms with Crippen LogP contribution in [0, 0.1) is 0 Å². The molecule has 0 saturated heterocycles. The lowest BCUT2D eigenvalue weighted by molar-refractivity contribution is 0.0744. The number of fused-ring (bicyclic) bond motifs is 1. The van der Waals surface area contributed by atoms with Gasteiger partial charge in [0.25, 0.3) is 11.5 Å². The maximum absolute atomic E-state index is 12.9. The topological polar surface area (TPSA) is 58.1 Å². The molecule has 5 nitrogen and oxygen atoms in total. The van der Waals surface area contributed by atoms with Crippen molar-refractivity contribution in [3.05, 3.63) is 70.3 Å². The van der Waals surface area contributed by atoms with Gasteiger partial charge in [-0.2, -0.15) is 0 Å². The van der Waals surface area contributed by atoms with Crippen molar-refractivity contribution in [1.82, 2.24) is 14.5 Å². The minimum absolute atomic E-state index is 0.0603. The molecule has 0 bridgehead atoms. The van der Waals surface area contributed by atoms with Gasteiger partial charge in [-0.05, 0) is 18.6 Å². The Kier molecular flexibility index (Phi) is 3.78. The maximum Gasteiger partial charge on any atom is 0.274 e. The SMILES string of the molecule is CC(c1ccccc1)N(C)C(=O)c1cn(C)c(=O)c2[nH]ccc12. The number of pyridine rings is 1. The fourth-order valence-corrected chi connectivity index (χ4v) is 2.76. The number of H-pyrrole nitrogens is 1. The number of nitrogens with zero attached hydrogens (tertiary/aromatic N) is 2. The van der Waals surface area contributed by atoms with Gasteiger partial charge in [-0.3, -0.25) is 9.59 Å². The molecule has 1 unspecified atom stereocenters. The van der Waals surface area contributed by atoms with E-state index in [9.17, 15) is 9.59 Å². The van der Waals surface area contributed by atoms with Crippen LogP contribution in [0.4, 0.5) is 0 Å². The van der Waals surface area contributed by atoms with Crippen LogP contribution in [0.5, 0.6) is 0 Å². The number of hydrogen-bond donors (Lipinski definition) is 1. The molecule has 5 heteroatoms. The summed E-state index contributed by atoms with van der Waals surface area (Å²) in [5.41, 5.74) is 1.91. The molecule has 0 radical (unpaired) electrons. The number of nitrogens with one attached hydrogen (secondary N) is 1. The number of benzene rings is 1. The quantitative estimate of drug-likeness (QED) is 0.808. The van der Waals surface area contributed by atoms with Gasteiger partial charge >= 0.3 is 0 Å². The molecule has 2 heterocycles. The second-order valence-electron chi connectivity index (χ2n) is 5.73. The average molecular weight is 309 g/mol. The lowest BCUT2D eigenvalue weighted by atomic mass is 10.1. The third-order valence-corrected chi connectivity index (χ3v) is 4.31. The van der Waals surface area contributed by atoms with E-state index in [1.165, 1.54) is 4.57 Å². The van der Waals surface area contributed by atoms with Crippen molar-refractivity contribution in [3.63, 3.8) is 0 Å². The zero-order chi connectivity index (χ0) is 16.6. The first-order chi connectivity index (χ1) is 11.0. The Hall–Kier alpha value is -2.82. The van der Waals surface area contributed by atoms with Crippen molar-refractivity contribution in [2.24, 2.45) is 7.05 Å². The highest BCUT2D eigenvalue weighted by atomic mass is 16.2. The number of carbonyl (C=O) groups is 1. The predicted octanol–water partition coefficient (Wildman–Crippen LogP) is 2.70. The zero-order valence-electron chi connectivity index (χ0n) is 13.4. The Balaban J connectivity index is 2.02. The predicted molar refractivity (Wildman–Crippen MR) is 90.5 cm³/mol. The minimum Gasteiger partial charge on any atom is -0.357 e. The lowest BCUT2D eigenvalue weighted by Crippen LogP contribution is -2.31. The van der Waals surface area contributed by atoms with Gasteiger partial charge in [-0.1, -0.05) is 30.3 Å². The third-order valence-electron chi connectivity index (χ3n) is 4.31. The second-order valence-corrected chi connectivity index (χ2v) is 5.73. The number of aryl methyl sites for hydroxylation is 1. The first kappa shape index (κ1) is 15.1. The summed E-state index contributed by atoms with van der Waals surface area (Å²) in [6.07, 6.45) is 3.29. The summed E-state index contributed by atoms with van der Waals surface area (Å²) in [5, 5.41) is 0.658. The smallest absolute Gasteiger partial charge is 0.274 e. The summed E-state index contributed by atoms with van der Waals surface area (Å²) >= 11 is 0. The van der Waals surface area contributed by atoms with Crippen LogP contribution in [-0.2, 0) is 7.05 Å². The van der Waals surface area contributed by atoms with Gasteiger partial charge in [0.1, 0.15) is 5.52 Å². The van der Waals surface area contributed by atoms with Gasteiger partial charge in [0.05, 0.1) is 11.6 Å². The van der Waals surface area contributed by atoms with Crippen molar-refractivity contribution in [3.8, 4) is 0 Å². The van der Waals surface area contributed by atoms with E-state index in [1.807, 2.05) is 37.3 Å². The average Bonchev–Trinajstić information content (AvgIpc) is 3.07. The van der Waals surface area contributed by atoms with Crippen LogP contribution in [0.3, 0.4) is 0 Å². The molecule has 3 rings (SSSR count). The molecule has 23 heavy (non-hydrogen) atoms. The number of amides is 1. The van der Waals surface area contributed by atoms with Crippen molar-refractivity contribution < 1.29 is 4.79 Å². The molecular formula is C18H19N3O2. The first-order valence-corrected chi connectivity index (χ1v) is 7.49. The number of rotatable bonds is 3. The molecule has 1 N–H and O–H groups in total. The Labute approximate surface area is 134 Å². The van der Waals surface area contributed by atoms with E-state index in [0.29, 0.717) is 16.5 Å². The molecule has 1 amide bonds. The highest BCUT2D eigenvalue weighted by Gasteiger charge is 2.22. The molecular weight excluding hydrogens is 290 g/mol. The van der Waals surface area contributed by atoms with Gasteiger partial charge in [-0.15, -0.1) is 0 Å². The van der Waals surface area contributed by atoms with Gasteiger partial charge in [0, 0.05) is 31.9 Å². The van der Waals surface area contributed by atoms with Gasteiger partial charge in [0.2, 0.25) is 0 Å². The largest absolute Gasteiger partial charge is 0.357 e. The fourth-order valence-electron chi connectivity index (χ4n) is 2.76. The van der Waals surface area contributed by atoms with E-state index >= 15 is 0 Å². The normalized spacial score (nSPS) is 12.3. The molecule has 3 aromatic rings. The van der Waals surface area contributed by atoms with Gasteiger partial charge in [0.15, 0.2) is 0 Å². The monoisotopic (exact) mass is 309 g/mol. The van der Waals surface area contributed by atoms with Crippen LogP contribution in [0.15, 0.2) is 53.6 Å². The van der Waals surface area contributed by atoms with Crippen molar-refractivity contribution in [2.45, 2.75) is 13.0 Å². The lowest BCUT2D eigenvalue weighted by Gasteiger charge is -2.26. The van der Waals surface area contributed by atoms with Crippen molar-refractivity contribution >= 4 is 16.8 Å². The van der Waals surface area contributed by atoms with Crippen LogP contribution in [0.25, 0.3) is 10.9 Å². The second kappa shape index (κ2) is 5.76. The van der Waals surface area contributed by atoms with Crippen LogP contribution in [0.1, 0.15) is 28.9 Å². The standard InChI is InChI=1S/C18H19N3O2/c1-12(13-7-5-4-6-8-13)21(3)17(22)15-11-20(2)18(23)16-14(15)9-10-19-16/h4-12,19H,1-3H3. The Morgan fingerprint density at radius 3 is 2.61 bits per heavy atom. The van der Waals surface area contributed by atoms with E-state index in [2.05, 4.69) is 4.98 Å². The molecule has 1 atom stereocenters. The van der Waals surface area contributed by atoms with Crippen LogP contribution in [0.2, 0.25) is 0 Å². The molecule has 0 aliphatic rings.